The van der Waals surface area contributed by atoms with Gasteiger partial charge in [-0.25, -0.2) is 9.78 Å². The maximum Gasteiger partial charge on any atom is 0.340 e. The van der Waals surface area contributed by atoms with Gasteiger partial charge in [-0.05, 0) is 49.4 Å². The van der Waals surface area contributed by atoms with E-state index >= 15 is 0 Å². The van der Waals surface area contributed by atoms with Crippen molar-refractivity contribution < 1.29 is 26.5 Å². The summed E-state index contributed by atoms with van der Waals surface area (Å²) >= 11 is 6.00. The lowest BCUT2D eigenvalue weighted by Crippen LogP contribution is -2.16. The zero-order valence-electron chi connectivity index (χ0n) is 16.2. The third-order valence-corrected chi connectivity index (χ3v) is 5.85. The molecule has 0 saturated heterocycles. The Balaban J connectivity index is 1.75. The number of nitrogens with zero attached hydrogens (tertiary/aromatic N) is 1. The molecule has 0 unspecified atom stereocenters. The van der Waals surface area contributed by atoms with Crippen molar-refractivity contribution in [2.24, 2.45) is 0 Å². The van der Waals surface area contributed by atoms with E-state index in [0.717, 1.165) is 0 Å². The second kappa shape index (κ2) is 8.41. The van der Waals surface area contributed by atoms with Crippen molar-refractivity contribution in [1.82, 2.24) is 4.98 Å². The number of fused-ring (bicyclic) bond motifs is 1. The molecule has 0 aliphatic heterocycles. The van der Waals surface area contributed by atoms with Gasteiger partial charge in [0.2, 0.25) is 5.89 Å². The van der Waals surface area contributed by atoms with Crippen molar-refractivity contribution in [3.05, 3.63) is 77.3 Å². The number of aromatic nitrogens is 1. The summed E-state index contributed by atoms with van der Waals surface area (Å²) in [6, 6.07) is 17.1. The number of para-hydroxylation sites is 1. The van der Waals surface area contributed by atoms with Gasteiger partial charge in [0, 0.05) is 5.02 Å². The molecular weight excluding hydrogens is 442 g/mol. The Hall–Kier alpha value is -3.36. The monoisotopic (exact) mass is 457 g/mol. The molecule has 0 fully saturated rings. The second-order valence-corrected chi connectivity index (χ2v) is 8.33. The van der Waals surface area contributed by atoms with Crippen molar-refractivity contribution >= 4 is 38.8 Å². The molecule has 9 heteroatoms. The van der Waals surface area contributed by atoms with E-state index in [2.05, 4.69) is 4.98 Å². The lowest BCUT2D eigenvalue weighted by atomic mass is 10.2. The van der Waals surface area contributed by atoms with E-state index in [9.17, 15) is 13.2 Å². The fourth-order valence-corrected chi connectivity index (χ4v) is 4.26. The minimum atomic E-state index is -4.37. The van der Waals surface area contributed by atoms with E-state index in [0.29, 0.717) is 21.7 Å². The summed E-state index contributed by atoms with van der Waals surface area (Å²) in [6.07, 6.45) is 0. The van der Waals surface area contributed by atoms with Crippen molar-refractivity contribution in [3.8, 4) is 17.2 Å². The summed E-state index contributed by atoms with van der Waals surface area (Å²) < 4.78 is 42.2. The van der Waals surface area contributed by atoms with Crippen LogP contribution >= 0.6 is 11.6 Å². The first-order valence-electron chi connectivity index (χ1n) is 9.25. The van der Waals surface area contributed by atoms with Crippen LogP contribution in [-0.4, -0.2) is 26.0 Å². The molecule has 3 aromatic carbocycles. The molecule has 158 valence electrons. The maximum absolute atomic E-state index is 13.0. The number of benzene rings is 3. The van der Waals surface area contributed by atoms with Crippen LogP contribution in [0.5, 0.6) is 5.75 Å². The van der Waals surface area contributed by atoms with Crippen LogP contribution in [0.4, 0.5) is 0 Å². The minimum absolute atomic E-state index is 0.00110. The molecule has 1 aromatic heterocycles. The van der Waals surface area contributed by atoms with Gasteiger partial charge in [0.25, 0.3) is 0 Å². The number of esters is 1. The Bertz CT molecular complexity index is 1380. The number of carbonyl (C=O) groups is 1. The molecule has 0 amide bonds. The Kier molecular flexibility index (Phi) is 5.67. The highest BCUT2D eigenvalue weighted by molar-refractivity contribution is 7.87. The Labute approximate surface area is 183 Å². The normalized spacial score (nSPS) is 11.4. The zero-order valence-corrected chi connectivity index (χ0v) is 17.8. The van der Waals surface area contributed by atoms with E-state index < -0.39 is 16.1 Å². The smallest absolute Gasteiger partial charge is 0.340 e. The van der Waals surface area contributed by atoms with Gasteiger partial charge >= 0.3 is 16.1 Å². The third-order valence-electron chi connectivity index (χ3n) is 4.32. The Morgan fingerprint density at radius 3 is 2.61 bits per heavy atom. The lowest BCUT2D eigenvalue weighted by molar-refractivity contribution is 0.0521. The number of hydrogen-bond donors (Lipinski definition) is 0. The molecule has 0 radical (unpaired) electrons. The van der Waals surface area contributed by atoms with E-state index in [4.69, 9.17) is 24.9 Å². The summed E-state index contributed by atoms with van der Waals surface area (Å²) in [5.41, 5.74) is 1.22. The fourth-order valence-electron chi connectivity index (χ4n) is 2.96. The van der Waals surface area contributed by atoms with Crippen molar-refractivity contribution in [2.45, 2.75) is 11.8 Å². The summed E-state index contributed by atoms with van der Waals surface area (Å²) in [6.45, 7) is 1.74. The van der Waals surface area contributed by atoms with Crippen molar-refractivity contribution in [1.29, 1.82) is 0 Å². The van der Waals surface area contributed by atoms with Crippen molar-refractivity contribution in [2.75, 3.05) is 6.61 Å². The molecule has 7 nitrogen and oxygen atoms in total. The van der Waals surface area contributed by atoms with Gasteiger partial charge in [-0.15, -0.1) is 0 Å². The van der Waals surface area contributed by atoms with Crippen LogP contribution in [0.25, 0.3) is 22.6 Å². The molecule has 31 heavy (non-hydrogen) atoms. The number of halogens is 1. The number of ether oxygens (including phenoxy) is 1. The van der Waals surface area contributed by atoms with E-state index in [-0.39, 0.29) is 28.7 Å². The predicted molar refractivity (Wildman–Crippen MR) is 115 cm³/mol. The number of carbonyl (C=O) groups excluding carboxylic acids is 1. The molecule has 4 aromatic rings. The van der Waals surface area contributed by atoms with E-state index in [1.54, 1.807) is 49.4 Å². The Morgan fingerprint density at radius 2 is 1.81 bits per heavy atom. The first-order valence-corrected chi connectivity index (χ1v) is 11.0. The number of oxazole rings is 1. The average molecular weight is 458 g/mol. The summed E-state index contributed by atoms with van der Waals surface area (Å²) in [5, 5.41) is 0.495. The standard InChI is InChI=1S/C22H16ClNO6S/c1-2-28-22(25)16-8-4-6-10-20(16)31(26,27)30-18-9-5-3-7-15(18)21-24-17-13-14(23)11-12-19(17)29-21/h3-13H,2H2,1H3. The van der Waals surface area contributed by atoms with Gasteiger partial charge in [0.15, 0.2) is 11.3 Å². The van der Waals surface area contributed by atoms with Gasteiger partial charge < -0.3 is 13.3 Å². The quantitative estimate of drug-likeness (QED) is 0.294. The fraction of sp³-hybridized carbons (Fsp3) is 0.0909. The topological polar surface area (TPSA) is 95.7 Å². The highest BCUT2D eigenvalue weighted by Gasteiger charge is 2.26. The van der Waals surface area contributed by atoms with Crippen LogP contribution in [0.2, 0.25) is 5.02 Å². The van der Waals surface area contributed by atoms with Gasteiger partial charge in [-0.3, -0.25) is 0 Å². The summed E-state index contributed by atoms with van der Waals surface area (Å²) in [5.74, 6) is -0.588. The molecule has 4 rings (SSSR count). The predicted octanol–water partition coefficient (Wildman–Crippen LogP) is 5.09. The summed E-state index contributed by atoms with van der Waals surface area (Å²) in [7, 11) is -4.37. The van der Waals surface area contributed by atoms with Crippen molar-refractivity contribution in [3.63, 3.8) is 0 Å². The zero-order chi connectivity index (χ0) is 22.0. The van der Waals surface area contributed by atoms with Crippen LogP contribution in [0.3, 0.4) is 0 Å². The molecule has 0 atom stereocenters. The number of hydrogen-bond acceptors (Lipinski definition) is 7. The third kappa shape index (κ3) is 4.26. The number of rotatable bonds is 6. The van der Waals surface area contributed by atoms with Gasteiger partial charge in [0.05, 0.1) is 17.7 Å². The molecule has 0 spiro atoms. The highest BCUT2D eigenvalue weighted by Crippen LogP contribution is 2.34. The summed E-state index contributed by atoms with van der Waals surface area (Å²) in [4.78, 5) is 16.3. The molecule has 1 heterocycles. The first kappa shape index (κ1) is 20.9. The molecule has 0 aliphatic rings. The van der Waals surface area contributed by atoms with Crippen LogP contribution in [0, 0.1) is 0 Å². The second-order valence-electron chi connectivity index (χ2n) is 6.38. The van der Waals surface area contributed by atoms with Crippen LogP contribution < -0.4 is 4.18 Å². The molecule has 0 aliphatic carbocycles. The minimum Gasteiger partial charge on any atom is -0.462 e. The molecule has 0 N–H and O–H groups in total. The highest BCUT2D eigenvalue weighted by atomic mass is 35.5. The first-order chi connectivity index (χ1) is 14.9. The van der Waals surface area contributed by atoms with Crippen LogP contribution in [0.15, 0.2) is 76.0 Å². The van der Waals surface area contributed by atoms with Gasteiger partial charge in [-0.2, -0.15) is 8.42 Å². The van der Waals surface area contributed by atoms with Gasteiger partial charge in [-0.1, -0.05) is 35.9 Å². The van der Waals surface area contributed by atoms with Crippen LogP contribution in [0.1, 0.15) is 17.3 Å². The van der Waals surface area contributed by atoms with E-state index in [1.807, 2.05) is 0 Å². The van der Waals surface area contributed by atoms with Crippen LogP contribution in [-0.2, 0) is 14.9 Å². The largest absolute Gasteiger partial charge is 0.462 e. The molecule has 0 saturated carbocycles. The maximum atomic E-state index is 13.0. The van der Waals surface area contributed by atoms with Gasteiger partial charge in [0.1, 0.15) is 10.4 Å². The van der Waals surface area contributed by atoms with E-state index in [1.165, 1.54) is 24.3 Å². The SMILES string of the molecule is CCOC(=O)c1ccccc1S(=O)(=O)Oc1ccccc1-c1nc2cc(Cl)ccc2o1. The lowest BCUT2D eigenvalue weighted by Gasteiger charge is -2.12. The molecular formula is C22H16ClNO6S. The molecule has 0 bridgehead atoms. The Morgan fingerprint density at radius 1 is 1.06 bits per heavy atom. The average Bonchev–Trinajstić information content (AvgIpc) is 3.17.